The summed E-state index contributed by atoms with van der Waals surface area (Å²) in [5, 5.41) is 12.8. The lowest BCUT2D eigenvalue weighted by molar-refractivity contribution is 0.0689. The number of hydrogen-bond acceptors (Lipinski definition) is 4. The third-order valence-corrected chi connectivity index (χ3v) is 5.23. The van der Waals surface area contributed by atoms with Gasteiger partial charge in [-0.2, -0.15) is 5.10 Å². The second-order valence-electron chi connectivity index (χ2n) is 4.73. The van der Waals surface area contributed by atoms with Crippen molar-refractivity contribution in [2.45, 2.75) is 11.3 Å². The van der Waals surface area contributed by atoms with Gasteiger partial charge < -0.3 is 5.11 Å². The number of aromatic carboxylic acids is 1. The fourth-order valence-electron chi connectivity index (χ4n) is 2.41. The average molecular weight is 292 g/mol. The Hall–Kier alpha value is -2.15. The van der Waals surface area contributed by atoms with Crippen LogP contribution in [0.25, 0.3) is 11.3 Å². The van der Waals surface area contributed by atoms with E-state index in [4.69, 9.17) is 5.11 Å². The summed E-state index contributed by atoms with van der Waals surface area (Å²) in [6, 6.07) is 6.61. The van der Waals surface area contributed by atoms with Crippen LogP contribution in [-0.4, -0.2) is 35.0 Å². The molecule has 1 N–H and O–H groups in total. The molecule has 0 atom stereocenters. The van der Waals surface area contributed by atoms with Crippen LogP contribution < -0.4 is 0 Å². The first kappa shape index (κ1) is 12.9. The summed E-state index contributed by atoms with van der Waals surface area (Å²) in [5.41, 5.74) is 1.98. The Labute approximate surface area is 115 Å². The molecule has 1 aliphatic heterocycles. The highest BCUT2D eigenvalue weighted by Gasteiger charge is 2.26. The molecule has 0 saturated heterocycles. The second kappa shape index (κ2) is 4.17. The average Bonchev–Trinajstić information content (AvgIpc) is 2.91. The van der Waals surface area contributed by atoms with Gasteiger partial charge in [0.2, 0.25) is 0 Å². The maximum absolute atomic E-state index is 11.9. The highest BCUT2D eigenvalue weighted by molar-refractivity contribution is 7.91. The van der Waals surface area contributed by atoms with Crippen molar-refractivity contribution in [1.29, 1.82) is 0 Å². The van der Waals surface area contributed by atoms with Crippen molar-refractivity contribution in [3.8, 4) is 11.3 Å². The number of sulfone groups is 1. The van der Waals surface area contributed by atoms with Crippen molar-refractivity contribution in [2.75, 3.05) is 5.75 Å². The molecule has 0 fully saturated rings. The molecule has 1 aromatic carbocycles. The summed E-state index contributed by atoms with van der Waals surface area (Å²) < 4.78 is 25.3. The molecule has 0 unspecified atom stereocenters. The minimum absolute atomic E-state index is 0.0640. The normalized spacial score (nSPS) is 16.1. The van der Waals surface area contributed by atoms with Crippen molar-refractivity contribution in [3.05, 3.63) is 35.5 Å². The number of rotatable bonds is 2. The number of carboxylic acid groups (broad SMARTS) is 1. The Morgan fingerprint density at radius 3 is 2.75 bits per heavy atom. The third-order valence-electron chi connectivity index (χ3n) is 3.44. The van der Waals surface area contributed by atoms with Crippen LogP contribution in [0.4, 0.5) is 0 Å². The van der Waals surface area contributed by atoms with Gasteiger partial charge in [0, 0.05) is 12.6 Å². The van der Waals surface area contributed by atoms with E-state index in [0.29, 0.717) is 22.6 Å². The molecule has 0 saturated carbocycles. The van der Waals surface area contributed by atoms with Gasteiger partial charge in [-0.3, -0.25) is 4.68 Å². The summed E-state index contributed by atoms with van der Waals surface area (Å²) in [4.78, 5) is 11.3. The van der Waals surface area contributed by atoms with Gasteiger partial charge in [-0.25, -0.2) is 13.2 Å². The quantitative estimate of drug-likeness (QED) is 0.895. The fourth-order valence-corrected chi connectivity index (χ4v) is 3.99. The molecule has 20 heavy (non-hydrogen) atoms. The summed E-state index contributed by atoms with van der Waals surface area (Å²) in [6.07, 6.45) is 0.531. The molecule has 104 valence electrons. The molecule has 6 nitrogen and oxygen atoms in total. The number of hydrogen-bond donors (Lipinski definition) is 1. The molecular formula is C13H12N2O4S. The first-order chi connectivity index (χ1) is 9.38. The van der Waals surface area contributed by atoms with E-state index in [1.54, 1.807) is 25.2 Å². The van der Waals surface area contributed by atoms with Gasteiger partial charge >= 0.3 is 5.97 Å². The number of aromatic nitrogens is 2. The van der Waals surface area contributed by atoms with E-state index in [9.17, 15) is 13.2 Å². The Balaban J connectivity index is 2.15. The smallest absolute Gasteiger partial charge is 0.356 e. The Morgan fingerprint density at radius 1 is 1.35 bits per heavy atom. The predicted molar refractivity (Wildman–Crippen MR) is 71.4 cm³/mol. The van der Waals surface area contributed by atoms with Crippen LogP contribution in [-0.2, 0) is 23.3 Å². The number of fused-ring (bicyclic) bond motifs is 1. The lowest BCUT2D eigenvalue weighted by Gasteiger charge is -2.04. The van der Waals surface area contributed by atoms with Crippen molar-refractivity contribution < 1.29 is 18.3 Å². The van der Waals surface area contributed by atoms with Gasteiger partial charge in [-0.15, -0.1) is 0 Å². The molecule has 0 radical (unpaired) electrons. The van der Waals surface area contributed by atoms with Gasteiger partial charge in [-0.05, 0) is 24.1 Å². The van der Waals surface area contributed by atoms with Gasteiger partial charge in [-0.1, -0.05) is 12.1 Å². The number of carboxylic acids is 1. The predicted octanol–water partition coefficient (Wildman–Crippen LogP) is 1.12. The first-order valence-corrected chi connectivity index (χ1v) is 7.67. The number of aryl methyl sites for hydroxylation is 2. The van der Waals surface area contributed by atoms with E-state index in [1.165, 1.54) is 10.7 Å². The molecule has 3 rings (SSSR count). The highest BCUT2D eigenvalue weighted by atomic mass is 32.2. The van der Waals surface area contributed by atoms with E-state index in [0.717, 1.165) is 5.56 Å². The Kier molecular flexibility index (Phi) is 2.68. The van der Waals surface area contributed by atoms with Crippen LogP contribution in [0.3, 0.4) is 0 Å². The Bertz CT molecular complexity index is 821. The van der Waals surface area contributed by atoms with Gasteiger partial charge in [0.15, 0.2) is 15.5 Å². The summed E-state index contributed by atoms with van der Waals surface area (Å²) in [5.74, 6) is -0.974. The molecule has 0 spiro atoms. The van der Waals surface area contributed by atoms with E-state index >= 15 is 0 Å². The van der Waals surface area contributed by atoms with Crippen molar-refractivity contribution in [2.24, 2.45) is 7.05 Å². The minimum atomic E-state index is -3.20. The van der Waals surface area contributed by atoms with Crippen molar-refractivity contribution in [3.63, 3.8) is 0 Å². The largest absolute Gasteiger partial charge is 0.476 e. The summed E-state index contributed by atoms with van der Waals surface area (Å²) in [6.45, 7) is 0. The minimum Gasteiger partial charge on any atom is -0.476 e. The molecule has 0 amide bonds. The number of benzene rings is 1. The van der Waals surface area contributed by atoms with E-state index in [1.807, 2.05) is 0 Å². The molecular weight excluding hydrogens is 280 g/mol. The monoisotopic (exact) mass is 292 g/mol. The van der Waals surface area contributed by atoms with Gasteiger partial charge in [0.25, 0.3) is 0 Å². The molecule has 2 aromatic rings. The SMILES string of the molecule is Cn1nc(C(=O)O)cc1-c1ccc2c(c1)S(=O)(=O)CC2. The molecule has 1 aliphatic rings. The van der Waals surface area contributed by atoms with Crippen LogP contribution in [0.5, 0.6) is 0 Å². The number of carbonyl (C=O) groups is 1. The van der Waals surface area contributed by atoms with E-state index < -0.39 is 15.8 Å². The van der Waals surface area contributed by atoms with Crippen molar-refractivity contribution in [1.82, 2.24) is 9.78 Å². The second-order valence-corrected chi connectivity index (χ2v) is 6.81. The van der Waals surface area contributed by atoms with Crippen LogP contribution in [0, 0.1) is 0 Å². The lowest BCUT2D eigenvalue weighted by atomic mass is 10.1. The van der Waals surface area contributed by atoms with E-state index in [-0.39, 0.29) is 11.4 Å². The van der Waals surface area contributed by atoms with Crippen LogP contribution in [0.15, 0.2) is 29.2 Å². The van der Waals surface area contributed by atoms with Gasteiger partial charge in [0.05, 0.1) is 16.3 Å². The van der Waals surface area contributed by atoms with Crippen molar-refractivity contribution >= 4 is 15.8 Å². The Morgan fingerprint density at radius 2 is 2.10 bits per heavy atom. The maximum Gasteiger partial charge on any atom is 0.356 e. The maximum atomic E-state index is 11.9. The zero-order chi connectivity index (χ0) is 14.5. The number of nitrogens with zero attached hydrogens (tertiary/aromatic N) is 2. The fraction of sp³-hybridized carbons (Fsp3) is 0.231. The molecule has 1 aromatic heterocycles. The topological polar surface area (TPSA) is 89.3 Å². The molecule has 0 bridgehead atoms. The molecule has 0 aliphatic carbocycles. The first-order valence-electron chi connectivity index (χ1n) is 6.02. The highest BCUT2D eigenvalue weighted by Crippen LogP contribution is 2.30. The summed E-state index contributed by atoms with van der Waals surface area (Å²) in [7, 11) is -1.58. The van der Waals surface area contributed by atoms with Gasteiger partial charge in [0.1, 0.15) is 0 Å². The van der Waals surface area contributed by atoms with Crippen LogP contribution in [0.2, 0.25) is 0 Å². The molecule has 2 heterocycles. The van der Waals surface area contributed by atoms with Crippen LogP contribution >= 0.6 is 0 Å². The molecule has 7 heteroatoms. The zero-order valence-corrected chi connectivity index (χ0v) is 11.5. The van der Waals surface area contributed by atoms with Crippen LogP contribution in [0.1, 0.15) is 16.1 Å². The zero-order valence-electron chi connectivity index (χ0n) is 10.7. The summed E-state index contributed by atoms with van der Waals surface area (Å²) >= 11 is 0. The van der Waals surface area contributed by atoms with E-state index in [2.05, 4.69) is 5.10 Å². The lowest BCUT2D eigenvalue weighted by Crippen LogP contribution is -2.00. The standard InChI is InChI=1S/C13H12N2O4S/c1-15-11(7-10(14-15)13(16)17)9-3-2-8-4-5-20(18,19)12(8)6-9/h2-3,6-7H,4-5H2,1H3,(H,16,17). The third kappa shape index (κ3) is 1.90.